The van der Waals surface area contributed by atoms with Crippen molar-refractivity contribution in [2.24, 2.45) is 5.92 Å². The Morgan fingerprint density at radius 3 is 2.57 bits per heavy atom. The summed E-state index contributed by atoms with van der Waals surface area (Å²) in [5.41, 5.74) is 2.49. The number of halogens is 1. The Kier molecular flexibility index (Phi) is 6.10. The number of amides is 1. The summed E-state index contributed by atoms with van der Waals surface area (Å²) < 4.78 is 1.05. The minimum absolute atomic E-state index is 0.142. The van der Waals surface area contributed by atoms with Crippen LogP contribution in [-0.2, 0) is 0 Å². The number of carbonyl (C=O) groups excluding carboxylic acids is 1. The fourth-order valence-electron chi connectivity index (χ4n) is 1.94. The number of hydrogen-bond donors (Lipinski definition) is 2. The van der Waals surface area contributed by atoms with Gasteiger partial charge in [0.2, 0.25) is 5.95 Å². The van der Waals surface area contributed by atoms with Crippen LogP contribution >= 0.6 is 15.9 Å². The molecule has 0 unspecified atom stereocenters. The molecule has 23 heavy (non-hydrogen) atoms. The molecule has 6 heteroatoms. The van der Waals surface area contributed by atoms with E-state index in [4.69, 9.17) is 0 Å². The molecule has 2 N–H and O–H groups in total. The largest absolute Gasteiger partial charge is 0.352 e. The van der Waals surface area contributed by atoms with Crippen molar-refractivity contribution < 1.29 is 4.79 Å². The van der Waals surface area contributed by atoms with Gasteiger partial charge in [-0.25, -0.2) is 9.97 Å². The Balaban J connectivity index is 1.96. The summed E-state index contributed by atoms with van der Waals surface area (Å²) in [7, 11) is 0. The van der Waals surface area contributed by atoms with Crippen LogP contribution in [0.3, 0.4) is 0 Å². The van der Waals surface area contributed by atoms with Gasteiger partial charge in [-0.3, -0.25) is 4.79 Å². The van der Waals surface area contributed by atoms with Gasteiger partial charge in [0.15, 0.2) is 0 Å². The number of aromatic nitrogens is 2. The molecule has 0 aliphatic rings. The lowest BCUT2D eigenvalue weighted by molar-refractivity contribution is 0.0951. The van der Waals surface area contributed by atoms with Crippen LogP contribution in [0.15, 0.2) is 35.1 Å². The molecule has 0 saturated heterocycles. The van der Waals surface area contributed by atoms with E-state index in [0.717, 1.165) is 22.1 Å². The third-order valence-corrected chi connectivity index (χ3v) is 4.23. The summed E-state index contributed by atoms with van der Waals surface area (Å²) in [6.07, 6.45) is 4.02. The molecule has 1 heterocycles. The summed E-state index contributed by atoms with van der Waals surface area (Å²) >= 11 is 3.47. The summed E-state index contributed by atoms with van der Waals surface area (Å²) in [6, 6.07) is 5.90. The molecule has 122 valence electrons. The SMILES string of the molecule is Cc1cc(Nc2ncc(C(=O)NCCC(C)C)cn2)ccc1Br. The Hall–Kier alpha value is -1.95. The highest BCUT2D eigenvalue weighted by Crippen LogP contribution is 2.21. The number of anilines is 2. The van der Waals surface area contributed by atoms with Crippen LogP contribution in [0.1, 0.15) is 36.2 Å². The molecule has 2 aromatic rings. The molecular weight excluding hydrogens is 356 g/mol. The van der Waals surface area contributed by atoms with Crippen molar-refractivity contribution >= 4 is 33.5 Å². The molecule has 2 rings (SSSR count). The topological polar surface area (TPSA) is 66.9 Å². The lowest BCUT2D eigenvalue weighted by Crippen LogP contribution is -2.25. The second kappa shape index (κ2) is 8.06. The van der Waals surface area contributed by atoms with Crippen molar-refractivity contribution in [3.8, 4) is 0 Å². The van der Waals surface area contributed by atoms with Gasteiger partial charge in [-0.1, -0.05) is 29.8 Å². The third kappa shape index (κ3) is 5.32. The summed E-state index contributed by atoms with van der Waals surface area (Å²) in [5.74, 6) is 0.884. The van der Waals surface area contributed by atoms with Crippen LogP contribution in [0.2, 0.25) is 0 Å². The minimum atomic E-state index is -0.142. The van der Waals surface area contributed by atoms with Crippen LogP contribution in [-0.4, -0.2) is 22.4 Å². The first-order valence-corrected chi connectivity index (χ1v) is 8.38. The first-order chi connectivity index (χ1) is 11.0. The monoisotopic (exact) mass is 376 g/mol. The average Bonchev–Trinajstić information content (AvgIpc) is 2.51. The summed E-state index contributed by atoms with van der Waals surface area (Å²) in [6.45, 7) is 6.93. The molecule has 0 bridgehead atoms. The predicted molar refractivity (Wildman–Crippen MR) is 96.0 cm³/mol. The van der Waals surface area contributed by atoms with E-state index in [2.05, 4.69) is 50.4 Å². The molecular formula is C17H21BrN4O. The van der Waals surface area contributed by atoms with Gasteiger partial charge in [0.05, 0.1) is 5.56 Å². The predicted octanol–water partition coefficient (Wildman–Crippen LogP) is 4.07. The van der Waals surface area contributed by atoms with Gasteiger partial charge in [0, 0.05) is 29.1 Å². The van der Waals surface area contributed by atoms with Gasteiger partial charge in [-0.2, -0.15) is 0 Å². The zero-order chi connectivity index (χ0) is 16.8. The van der Waals surface area contributed by atoms with Crippen molar-refractivity contribution in [2.75, 3.05) is 11.9 Å². The molecule has 0 fully saturated rings. The number of rotatable bonds is 6. The van der Waals surface area contributed by atoms with Crippen molar-refractivity contribution in [2.45, 2.75) is 27.2 Å². The molecule has 0 radical (unpaired) electrons. The quantitative estimate of drug-likeness (QED) is 0.797. The Labute approximate surface area is 145 Å². The number of nitrogens with zero attached hydrogens (tertiary/aromatic N) is 2. The van der Waals surface area contributed by atoms with Crippen molar-refractivity contribution in [3.05, 3.63) is 46.2 Å². The molecule has 0 atom stereocenters. The standard InChI is InChI=1S/C17H21BrN4O/c1-11(2)6-7-19-16(23)13-9-20-17(21-10-13)22-14-4-5-15(18)12(3)8-14/h4-5,8-11H,6-7H2,1-3H3,(H,19,23)(H,20,21,22). The van der Waals surface area contributed by atoms with Gasteiger partial charge in [-0.15, -0.1) is 0 Å². The number of carbonyl (C=O) groups is 1. The third-order valence-electron chi connectivity index (χ3n) is 3.34. The molecule has 1 amide bonds. The molecule has 0 saturated carbocycles. The highest BCUT2D eigenvalue weighted by atomic mass is 79.9. The minimum Gasteiger partial charge on any atom is -0.352 e. The van der Waals surface area contributed by atoms with Gasteiger partial charge in [0.1, 0.15) is 0 Å². The van der Waals surface area contributed by atoms with Crippen LogP contribution in [0.4, 0.5) is 11.6 Å². The maximum Gasteiger partial charge on any atom is 0.254 e. The van der Waals surface area contributed by atoms with Crippen molar-refractivity contribution in [1.29, 1.82) is 0 Å². The van der Waals surface area contributed by atoms with Gasteiger partial charge < -0.3 is 10.6 Å². The maximum atomic E-state index is 12.0. The first-order valence-electron chi connectivity index (χ1n) is 7.59. The number of hydrogen-bond acceptors (Lipinski definition) is 4. The second-order valence-electron chi connectivity index (χ2n) is 5.82. The fourth-order valence-corrected chi connectivity index (χ4v) is 2.18. The van der Waals surface area contributed by atoms with Crippen molar-refractivity contribution in [1.82, 2.24) is 15.3 Å². The van der Waals surface area contributed by atoms with E-state index >= 15 is 0 Å². The van der Waals surface area contributed by atoms with Crippen LogP contribution in [0, 0.1) is 12.8 Å². The molecule has 0 spiro atoms. The second-order valence-corrected chi connectivity index (χ2v) is 6.68. The highest BCUT2D eigenvalue weighted by molar-refractivity contribution is 9.10. The molecule has 5 nitrogen and oxygen atoms in total. The lowest BCUT2D eigenvalue weighted by Gasteiger charge is -2.08. The molecule has 1 aromatic heterocycles. The first kappa shape index (κ1) is 17.4. The van der Waals surface area contributed by atoms with E-state index in [9.17, 15) is 4.79 Å². The van der Waals surface area contributed by atoms with Crippen LogP contribution < -0.4 is 10.6 Å². The Bertz CT molecular complexity index is 671. The lowest BCUT2D eigenvalue weighted by atomic mass is 10.1. The zero-order valence-electron chi connectivity index (χ0n) is 13.6. The number of benzene rings is 1. The zero-order valence-corrected chi connectivity index (χ0v) is 15.1. The van der Waals surface area contributed by atoms with Gasteiger partial charge >= 0.3 is 0 Å². The van der Waals surface area contributed by atoms with Crippen LogP contribution in [0.5, 0.6) is 0 Å². The molecule has 0 aliphatic heterocycles. The maximum absolute atomic E-state index is 12.0. The summed E-state index contributed by atoms with van der Waals surface area (Å²) in [4.78, 5) is 20.4. The Morgan fingerprint density at radius 2 is 1.96 bits per heavy atom. The molecule has 1 aromatic carbocycles. The van der Waals surface area contributed by atoms with E-state index in [1.54, 1.807) is 0 Å². The van der Waals surface area contributed by atoms with Gasteiger partial charge in [-0.05, 0) is 43.0 Å². The van der Waals surface area contributed by atoms with Crippen molar-refractivity contribution in [3.63, 3.8) is 0 Å². The van der Waals surface area contributed by atoms with E-state index in [0.29, 0.717) is 24.0 Å². The highest BCUT2D eigenvalue weighted by Gasteiger charge is 2.07. The average molecular weight is 377 g/mol. The van der Waals surface area contributed by atoms with Gasteiger partial charge in [0.25, 0.3) is 5.91 Å². The van der Waals surface area contributed by atoms with E-state index in [-0.39, 0.29) is 5.91 Å². The molecule has 0 aliphatic carbocycles. The number of nitrogens with one attached hydrogen (secondary N) is 2. The fraction of sp³-hybridized carbons (Fsp3) is 0.353. The van der Waals surface area contributed by atoms with E-state index in [1.807, 2.05) is 25.1 Å². The van der Waals surface area contributed by atoms with Crippen LogP contribution in [0.25, 0.3) is 0 Å². The summed E-state index contributed by atoms with van der Waals surface area (Å²) in [5, 5.41) is 5.99. The normalized spacial score (nSPS) is 10.7. The van der Waals surface area contributed by atoms with E-state index < -0.39 is 0 Å². The smallest absolute Gasteiger partial charge is 0.254 e. The van der Waals surface area contributed by atoms with E-state index in [1.165, 1.54) is 12.4 Å². The Morgan fingerprint density at radius 1 is 1.26 bits per heavy atom. The number of aryl methyl sites for hydroxylation is 1.